The molecule has 5 rings (SSSR count). The molecule has 2 heterocycles. The van der Waals surface area contributed by atoms with Crippen LogP contribution in [0.5, 0.6) is 0 Å². The van der Waals surface area contributed by atoms with Crippen molar-refractivity contribution < 1.29 is 14.0 Å². The van der Waals surface area contributed by atoms with Gasteiger partial charge >= 0.3 is 6.03 Å². The van der Waals surface area contributed by atoms with E-state index in [4.69, 9.17) is 11.6 Å². The molecule has 7 nitrogen and oxygen atoms in total. The van der Waals surface area contributed by atoms with Crippen LogP contribution in [0.15, 0.2) is 71.7 Å². The van der Waals surface area contributed by atoms with E-state index in [0.29, 0.717) is 29.4 Å². The Labute approximate surface area is 200 Å². The normalized spacial score (nSPS) is 18.1. The Hall–Kier alpha value is -3.65. The molecule has 3 amide bonds. The lowest BCUT2D eigenvalue weighted by atomic mass is 10.0. The van der Waals surface area contributed by atoms with Crippen molar-refractivity contribution in [3.8, 4) is 5.69 Å². The van der Waals surface area contributed by atoms with Crippen molar-refractivity contribution in [1.29, 1.82) is 0 Å². The van der Waals surface area contributed by atoms with Crippen molar-refractivity contribution in [3.63, 3.8) is 0 Å². The number of aromatic nitrogens is 1. The third-order valence-corrected chi connectivity index (χ3v) is 6.69. The van der Waals surface area contributed by atoms with Crippen molar-refractivity contribution in [3.05, 3.63) is 88.1 Å². The highest BCUT2D eigenvalue weighted by Crippen LogP contribution is 2.55. The van der Waals surface area contributed by atoms with Crippen LogP contribution >= 0.6 is 11.6 Å². The Morgan fingerprint density at radius 3 is 2.47 bits per heavy atom. The predicted molar refractivity (Wildman–Crippen MR) is 128 cm³/mol. The van der Waals surface area contributed by atoms with Gasteiger partial charge in [-0.3, -0.25) is 14.2 Å². The van der Waals surface area contributed by atoms with Crippen LogP contribution in [0.25, 0.3) is 5.69 Å². The minimum absolute atomic E-state index is 0.00691. The number of nitrogens with one attached hydrogen (secondary N) is 2. The van der Waals surface area contributed by atoms with Crippen molar-refractivity contribution in [1.82, 2.24) is 9.47 Å². The minimum atomic E-state index is -0.717. The fraction of sp³-hybridized carbons (Fsp3) is 0.240. The summed E-state index contributed by atoms with van der Waals surface area (Å²) in [5.41, 5.74) is 0.580. The molecular formula is C25H22ClFN4O3. The van der Waals surface area contributed by atoms with Crippen molar-refractivity contribution in [2.24, 2.45) is 5.41 Å². The molecule has 2 fully saturated rings. The number of urea groups is 1. The first-order valence-electron chi connectivity index (χ1n) is 11.0. The lowest BCUT2D eigenvalue weighted by Crippen LogP contribution is -2.45. The number of likely N-dealkylation sites (tertiary alicyclic amines) is 1. The van der Waals surface area contributed by atoms with Crippen molar-refractivity contribution >= 4 is 34.9 Å². The third kappa shape index (κ3) is 4.41. The van der Waals surface area contributed by atoms with Gasteiger partial charge < -0.3 is 15.5 Å². The quantitative estimate of drug-likeness (QED) is 0.570. The van der Waals surface area contributed by atoms with E-state index < -0.39 is 17.8 Å². The van der Waals surface area contributed by atoms with Gasteiger partial charge in [0.15, 0.2) is 0 Å². The number of anilines is 2. The summed E-state index contributed by atoms with van der Waals surface area (Å²) in [6.07, 6.45) is 3.99. The van der Waals surface area contributed by atoms with Crippen LogP contribution in [-0.2, 0) is 4.79 Å². The molecule has 9 heteroatoms. The molecule has 2 aliphatic rings. The number of hydrogen-bond donors (Lipinski definition) is 2. The molecule has 1 aliphatic carbocycles. The zero-order chi connectivity index (χ0) is 23.9. The summed E-state index contributed by atoms with van der Waals surface area (Å²) in [5.74, 6) is -1.11. The van der Waals surface area contributed by atoms with Crippen LogP contribution in [0.1, 0.15) is 19.3 Å². The van der Waals surface area contributed by atoms with Gasteiger partial charge in [0.25, 0.3) is 5.56 Å². The molecule has 1 aliphatic heterocycles. The van der Waals surface area contributed by atoms with Crippen LogP contribution < -0.4 is 16.2 Å². The number of pyridine rings is 1. The molecule has 2 N–H and O–H groups in total. The zero-order valence-electron chi connectivity index (χ0n) is 18.1. The zero-order valence-corrected chi connectivity index (χ0v) is 18.9. The number of hydrogen-bond acceptors (Lipinski definition) is 3. The highest BCUT2D eigenvalue weighted by atomic mass is 35.5. The van der Waals surface area contributed by atoms with Gasteiger partial charge in [-0.1, -0.05) is 17.7 Å². The van der Waals surface area contributed by atoms with E-state index in [1.54, 1.807) is 48.7 Å². The number of rotatable bonds is 4. The fourth-order valence-corrected chi connectivity index (χ4v) is 4.51. The second kappa shape index (κ2) is 8.61. The standard InChI is InChI=1S/C25H22ClFN4O3/c26-16-4-6-17(7-5-16)28-24(34)31-15-25(10-11-25)14-21(31)23(33)29-20-9-8-18(13-19(20)27)30-12-2-1-3-22(30)32/h1-9,12-13,21H,10-11,14-15H2,(H,28,34)(H,29,33). The topological polar surface area (TPSA) is 83.4 Å². The smallest absolute Gasteiger partial charge is 0.322 e. The molecule has 174 valence electrons. The molecular weight excluding hydrogens is 459 g/mol. The van der Waals surface area contributed by atoms with Crippen LogP contribution in [0.2, 0.25) is 5.02 Å². The number of nitrogens with zero attached hydrogens (tertiary/aromatic N) is 2. The molecule has 1 unspecified atom stereocenters. The van der Waals surface area contributed by atoms with E-state index in [-0.39, 0.29) is 22.7 Å². The molecule has 2 aromatic carbocycles. The van der Waals surface area contributed by atoms with Crippen LogP contribution in [0, 0.1) is 11.2 Å². The largest absolute Gasteiger partial charge is 0.322 e. The highest BCUT2D eigenvalue weighted by Gasteiger charge is 2.55. The Kier molecular flexibility index (Phi) is 5.61. The van der Waals surface area contributed by atoms with Gasteiger partial charge in [-0.2, -0.15) is 0 Å². The first kappa shape index (κ1) is 22.2. The van der Waals surface area contributed by atoms with Gasteiger partial charge in [-0.15, -0.1) is 0 Å². The van der Waals surface area contributed by atoms with Crippen molar-refractivity contribution in [2.75, 3.05) is 17.2 Å². The van der Waals surface area contributed by atoms with E-state index in [1.807, 2.05) is 0 Å². The summed E-state index contributed by atoms with van der Waals surface area (Å²) in [6.45, 7) is 0.475. The van der Waals surface area contributed by atoms with E-state index in [9.17, 15) is 18.8 Å². The summed E-state index contributed by atoms with van der Waals surface area (Å²) < 4.78 is 16.1. The number of carbonyl (C=O) groups excluding carboxylic acids is 2. The lowest BCUT2D eigenvalue weighted by molar-refractivity contribution is -0.119. The van der Waals surface area contributed by atoms with E-state index >= 15 is 0 Å². The first-order chi connectivity index (χ1) is 16.3. The SMILES string of the molecule is O=C(Nc1ccc(-n2ccccc2=O)cc1F)C1CC2(CC2)CN1C(=O)Nc1ccc(Cl)cc1. The van der Waals surface area contributed by atoms with E-state index in [1.165, 1.54) is 27.7 Å². The highest BCUT2D eigenvalue weighted by molar-refractivity contribution is 6.30. The molecule has 1 saturated heterocycles. The first-order valence-corrected chi connectivity index (χ1v) is 11.3. The number of halogens is 2. The number of carbonyl (C=O) groups is 2. The van der Waals surface area contributed by atoms with Gasteiger partial charge in [0.1, 0.15) is 11.9 Å². The maximum absolute atomic E-state index is 14.8. The van der Waals surface area contributed by atoms with Gasteiger partial charge in [0.2, 0.25) is 5.91 Å². The third-order valence-electron chi connectivity index (χ3n) is 6.44. The summed E-state index contributed by atoms with van der Waals surface area (Å²) in [5, 5.41) is 5.99. The Morgan fingerprint density at radius 2 is 1.79 bits per heavy atom. The molecule has 1 spiro atoms. The van der Waals surface area contributed by atoms with Crippen LogP contribution in [0.3, 0.4) is 0 Å². The molecule has 1 atom stereocenters. The number of benzene rings is 2. The molecule has 34 heavy (non-hydrogen) atoms. The van der Waals surface area contributed by atoms with E-state index in [2.05, 4.69) is 10.6 Å². The monoisotopic (exact) mass is 480 g/mol. The number of amides is 3. The van der Waals surface area contributed by atoms with Crippen molar-refractivity contribution in [2.45, 2.75) is 25.3 Å². The second-order valence-corrected chi connectivity index (χ2v) is 9.28. The summed E-state index contributed by atoms with van der Waals surface area (Å²) in [4.78, 5) is 39.6. The Balaban J connectivity index is 1.32. The van der Waals surface area contributed by atoms with Gasteiger partial charge in [-0.25, -0.2) is 9.18 Å². The summed E-state index contributed by atoms with van der Waals surface area (Å²) in [7, 11) is 0. The summed E-state index contributed by atoms with van der Waals surface area (Å²) in [6, 6.07) is 14.4. The maximum Gasteiger partial charge on any atom is 0.322 e. The summed E-state index contributed by atoms with van der Waals surface area (Å²) >= 11 is 5.90. The van der Waals surface area contributed by atoms with Gasteiger partial charge in [0, 0.05) is 35.6 Å². The molecule has 1 saturated carbocycles. The average molecular weight is 481 g/mol. The average Bonchev–Trinajstić information content (AvgIpc) is 3.46. The predicted octanol–water partition coefficient (Wildman–Crippen LogP) is 4.66. The van der Waals surface area contributed by atoms with Gasteiger partial charge in [-0.05, 0) is 67.1 Å². The maximum atomic E-state index is 14.8. The molecule has 1 aromatic heterocycles. The Morgan fingerprint density at radius 1 is 1.03 bits per heavy atom. The minimum Gasteiger partial charge on any atom is -0.322 e. The Bertz CT molecular complexity index is 1320. The molecule has 0 bridgehead atoms. The second-order valence-electron chi connectivity index (χ2n) is 8.85. The fourth-order valence-electron chi connectivity index (χ4n) is 4.38. The lowest BCUT2D eigenvalue weighted by Gasteiger charge is -2.24. The van der Waals surface area contributed by atoms with E-state index in [0.717, 1.165) is 12.8 Å². The van der Waals surface area contributed by atoms with Crippen LogP contribution in [-0.4, -0.2) is 34.0 Å². The molecule has 0 radical (unpaired) electrons. The van der Waals surface area contributed by atoms with Crippen LogP contribution in [0.4, 0.5) is 20.6 Å². The molecule has 3 aromatic rings. The van der Waals surface area contributed by atoms with Gasteiger partial charge in [0.05, 0.1) is 11.4 Å².